The molecule has 3 nitrogen and oxygen atoms in total. The molecule has 3 rings (SSSR count). The van der Waals surface area contributed by atoms with E-state index >= 15 is 0 Å². The van der Waals surface area contributed by atoms with Crippen LogP contribution in [0.15, 0.2) is 53.3 Å². The van der Waals surface area contributed by atoms with Crippen molar-refractivity contribution in [3.05, 3.63) is 71.6 Å². The van der Waals surface area contributed by atoms with Crippen LogP contribution < -0.4 is 26.8 Å². The number of hydrogen-bond donors (Lipinski definition) is 2. The molecule has 1 aromatic heterocycles. The van der Waals surface area contributed by atoms with Crippen molar-refractivity contribution >= 4 is 10.9 Å². The molecule has 0 aliphatic heterocycles. The van der Waals surface area contributed by atoms with Crippen molar-refractivity contribution in [2.45, 2.75) is 6.92 Å². The molecule has 0 saturated carbocycles. The zero-order chi connectivity index (χ0) is 14.1. The van der Waals surface area contributed by atoms with Crippen molar-refractivity contribution in [1.29, 1.82) is 0 Å². The van der Waals surface area contributed by atoms with Gasteiger partial charge >= 0.3 is 30.3 Å². The maximum absolute atomic E-state index is 12.1. The summed E-state index contributed by atoms with van der Waals surface area (Å²) in [6.07, 6.45) is 0. The van der Waals surface area contributed by atoms with Crippen LogP contribution in [0.3, 0.4) is 0 Å². The second-order valence-electron chi connectivity index (χ2n) is 4.55. The third kappa shape index (κ3) is 2.43. The van der Waals surface area contributed by atoms with Gasteiger partial charge in [-0.2, -0.15) is 0 Å². The number of H-pyrrole nitrogens is 1. The van der Waals surface area contributed by atoms with Crippen molar-refractivity contribution in [1.82, 2.24) is 4.98 Å². The van der Waals surface area contributed by atoms with E-state index in [2.05, 4.69) is 4.98 Å². The van der Waals surface area contributed by atoms with Gasteiger partial charge in [0.2, 0.25) is 0 Å². The van der Waals surface area contributed by atoms with Crippen molar-refractivity contribution in [3.63, 3.8) is 0 Å². The van der Waals surface area contributed by atoms with E-state index in [1.54, 1.807) is 6.07 Å². The van der Waals surface area contributed by atoms with Gasteiger partial charge in [-0.05, 0) is 31.2 Å². The first-order valence-electron chi connectivity index (χ1n) is 6.20. The predicted molar refractivity (Wildman–Crippen MR) is 74.8 cm³/mol. The largest absolute Gasteiger partial charge is 0.503 e. The van der Waals surface area contributed by atoms with E-state index < -0.39 is 21.2 Å². The standard InChI is InChI=1S/C16H12INO2/c1-10-6-8-11(9-7-10)17-14-15(19)12-4-2-3-5-13(12)18-16(14)20/h2-9H,1H3,(H-,18,19,20)/p+1. The first kappa shape index (κ1) is 13.2. The Morgan fingerprint density at radius 2 is 1.75 bits per heavy atom. The summed E-state index contributed by atoms with van der Waals surface area (Å²) in [7, 11) is 0. The topological polar surface area (TPSA) is 53.1 Å². The van der Waals surface area contributed by atoms with E-state index in [-0.39, 0.29) is 11.3 Å². The van der Waals surface area contributed by atoms with E-state index in [1.807, 2.05) is 49.4 Å². The molecule has 4 heteroatoms. The number of hydrogen-bond acceptors (Lipinski definition) is 2. The highest BCUT2D eigenvalue weighted by molar-refractivity contribution is 5.83. The van der Waals surface area contributed by atoms with Crippen LogP contribution in [0.4, 0.5) is 0 Å². The normalized spacial score (nSPS) is 10.8. The number of benzene rings is 2. The van der Waals surface area contributed by atoms with Gasteiger partial charge in [-0.25, -0.2) is 0 Å². The molecule has 0 radical (unpaired) electrons. The molecule has 0 saturated heterocycles. The Morgan fingerprint density at radius 3 is 2.50 bits per heavy atom. The highest BCUT2D eigenvalue weighted by Gasteiger charge is 2.26. The van der Waals surface area contributed by atoms with Gasteiger partial charge in [0.15, 0.2) is 9.32 Å². The number of fused-ring (bicyclic) bond motifs is 1. The van der Waals surface area contributed by atoms with E-state index in [1.165, 1.54) is 5.56 Å². The summed E-state index contributed by atoms with van der Waals surface area (Å²) in [5.41, 5.74) is 1.68. The summed E-state index contributed by atoms with van der Waals surface area (Å²) in [4.78, 5) is 15.0. The van der Waals surface area contributed by atoms with Crippen molar-refractivity contribution in [3.8, 4) is 5.75 Å². The Kier molecular flexibility index (Phi) is 3.48. The van der Waals surface area contributed by atoms with Crippen molar-refractivity contribution in [2.24, 2.45) is 0 Å². The first-order valence-corrected chi connectivity index (χ1v) is 8.36. The SMILES string of the molecule is Cc1ccc([I+]c2c(O)c3ccccc3[nH]c2=O)cc1. The molecule has 0 fully saturated rings. The number of aryl methyl sites for hydroxylation is 1. The maximum Gasteiger partial charge on any atom is 0.368 e. The summed E-state index contributed by atoms with van der Waals surface area (Å²) < 4.78 is 1.64. The van der Waals surface area contributed by atoms with Crippen LogP contribution in [-0.2, 0) is 0 Å². The van der Waals surface area contributed by atoms with Gasteiger partial charge in [0.1, 0.15) is 0 Å². The Bertz CT molecular complexity index is 822. The molecule has 100 valence electrons. The molecule has 0 aliphatic rings. The highest BCUT2D eigenvalue weighted by atomic mass is 127. The minimum absolute atomic E-state index is 0.123. The molecule has 0 amide bonds. The minimum Gasteiger partial charge on any atom is -0.503 e. The molecular weight excluding hydrogens is 365 g/mol. The van der Waals surface area contributed by atoms with Crippen LogP contribution in [0.1, 0.15) is 5.56 Å². The van der Waals surface area contributed by atoms with E-state index in [4.69, 9.17) is 0 Å². The second-order valence-corrected chi connectivity index (χ2v) is 7.42. The molecule has 0 atom stereocenters. The number of aromatic hydroxyl groups is 1. The lowest BCUT2D eigenvalue weighted by Crippen LogP contribution is -3.62. The van der Waals surface area contributed by atoms with Crippen molar-refractivity contribution in [2.75, 3.05) is 0 Å². The molecule has 2 aromatic carbocycles. The maximum atomic E-state index is 12.1. The van der Waals surface area contributed by atoms with Crippen LogP contribution in [0.5, 0.6) is 5.75 Å². The van der Waals surface area contributed by atoms with E-state index in [9.17, 15) is 9.90 Å². The van der Waals surface area contributed by atoms with Gasteiger partial charge in [-0.15, -0.1) is 0 Å². The molecule has 2 N–H and O–H groups in total. The lowest BCUT2D eigenvalue weighted by molar-refractivity contribution is -0.599. The van der Waals surface area contributed by atoms with Gasteiger partial charge in [0, 0.05) is 5.39 Å². The Morgan fingerprint density at radius 1 is 1.05 bits per heavy atom. The van der Waals surface area contributed by atoms with Gasteiger partial charge in [-0.3, -0.25) is 4.79 Å². The predicted octanol–water partition coefficient (Wildman–Crippen LogP) is -0.329. The summed E-state index contributed by atoms with van der Waals surface area (Å²) in [5, 5.41) is 11.1. The minimum atomic E-state index is -0.696. The van der Waals surface area contributed by atoms with Crippen LogP contribution >= 0.6 is 0 Å². The fourth-order valence-corrected chi connectivity index (χ4v) is 4.26. The summed E-state index contributed by atoms with van der Waals surface area (Å²) >= 11 is -0.696. The monoisotopic (exact) mass is 378 g/mol. The molecule has 20 heavy (non-hydrogen) atoms. The van der Waals surface area contributed by atoms with Gasteiger partial charge < -0.3 is 10.1 Å². The number of nitrogens with one attached hydrogen (secondary N) is 1. The third-order valence-electron chi connectivity index (χ3n) is 3.05. The molecule has 1 heterocycles. The molecule has 0 spiro atoms. The van der Waals surface area contributed by atoms with E-state index in [0.717, 1.165) is 3.57 Å². The van der Waals surface area contributed by atoms with Crippen LogP contribution in [0, 0.1) is 14.1 Å². The molecule has 0 bridgehead atoms. The zero-order valence-corrected chi connectivity index (χ0v) is 13.0. The van der Waals surface area contributed by atoms with Crippen LogP contribution in [0.2, 0.25) is 0 Å². The molecule has 0 aliphatic carbocycles. The average molecular weight is 378 g/mol. The van der Waals surface area contributed by atoms with Gasteiger partial charge in [0.25, 0.3) is 0 Å². The number of aromatic amines is 1. The number of halogens is 1. The Hall–Kier alpha value is -1.82. The van der Waals surface area contributed by atoms with Crippen LogP contribution in [0.25, 0.3) is 10.9 Å². The molecular formula is C16H13INO2+. The summed E-state index contributed by atoms with van der Waals surface area (Å²) in [6.45, 7) is 2.03. The number of aromatic nitrogens is 1. The van der Waals surface area contributed by atoms with Crippen LogP contribution in [-0.4, -0.2) is 10.1 Å². The highest BCUT2D eigenvalue weighted by Crippen LogP contribution is 2.19. The number of pyridine rings is 1. The zero-order valence-electron chi connectivity index (χ0n) is 10.9. The van der Waals surface area contributed by atoms with Gasteiger partial charge in [-0.1, -0.05) is 29.8 Å². The summed E-state index contributed by atoms with van der Waals surface area (Å²) in [5.74, 6) is 0.123. The lowest BCUT2D eigenvalue weighted by Gasteiger charge is -1.99. The third-order valence-corrected chi connectivity index (χ3v) is 5.93. The molecule has 3 aromatic rings. The Balaban J connectivity index is 2.11. The Labute approximate surface area is 126 Å². The fraction of sp³-hybridized carbons (Fsp3) is 0.0625. The fourth-order valence-electron chi connectivity index (χ4n) is 1.99. The first-order chi connectivity index (χ1) is 9.65. The van der Waals surface area contributed by atoms with Crippen molar-refractivity contribution < 1.29 is 26.3 Å². The lowest BCUT2D eigenvalue weighted by atomic mass is 10.2. The summed E-state index contributed by atoms with van der Waals surface area (Å²) in [6, 6.07) is 15.4. The smallest absolute Gasteiger partial charge is 0.368 e. The van der Waals surface area contributed by atoms with Gasteiger partial charge in [0.05, 0.1) is 5.52 Å². The number of para-hydroxylation sites is 1. The molecule has 0 unspecified atom stereocenters. The van der Waals surface area contributed by atoms with E-state index in [0.29, 0.717) is 14.5 Å². The second kappa shape index (κ2) is 5.28. The average Bonchev–Trinajstić information content (AvgIpc) is 2.45. The number of rotatable bonds is 2. The quantitative estimate of drug-likeness (QED) is 0.601.